The van der Waals surface area contributed by atoms with Crippen molar-refractivity contribution in [3.05, 3.63) is 59.7 Å². The van der Waals surface area contributed by atoms with Crippen LogP contribution in [0.2, 0.25) is 0 Å². The number of hydrogen-bond acceptors (Lipinski definition) is 5. The minimum Gasteiger partial charge on any atom is -0.497 e. The lowest BCUT2D eigenvalue weighted by Crippen LogP contribution is -2.37. The summed E-state index contributed by atoms with van der Waals surface area (Å²) >= 11 is 0. The molecule has 1 unspecified atom stereocenters. The number of rotatable bonds is 10. The summed E-state index contributed by atoms with van der Waals surface area (Å²) in [7, 11) is 1.62. The number of amides is 1. The average Bonchev–Trinajstić information content (AvgIpc) is 2.73. The van der Waals surface area contributed by atoms with Gasteiger partial charge in [0, 0.05) is 6.54 Å². The van der Waals surface area contributed by atoms with Crippen LogP contribution in [-0.2, 0) is 27.2 Å². The molecular formula is C22H27NO5. The van der Waals surface area contributed by atoms with Gasteiger partial charge in [0.2, 0.25) is 0 Å². The molecule has 0 spiro atoms. The van der Waals surface area contributed by atoms with Gasteiger partial charge in [-0.3, -0.25) is 4.79 Å². The quantitative estimate of drug-likeness (QED) is 0.637. The fraction of sp³-hybridized carbons (Fsp3) is 0.364. The molecule has 150 valence electrons. The van der Waals surface area contributed by atoms with E-state index in [4.69, 9.17) is 14.2 Å². The van der Waals surface area contributed by atoms with Gasteiger partial charge in [-0.2, -0.15) is 0 Å². The standard InChI is InChI=1S/C22H27NO5/c1-4-17-5-11-20(12-6-17)27-15-21(24)28-16(2)22(25)23-14-13-18-7-9-19(26-3)10-8-18/h5-12,16H,4,13-15H2,1-3H3,(H,23,25). The lowest BCUT2D eigenvalue weighted by Gasteiger charge is -2.14. The van der Waals surface area contributed by atoms with Crippen molar-refractivity contribution >= 4 is 11.9 Å². The van der Waals surface area contributed by atoms with Crippen molar-refractivity contribution in [1.29, 1.82) is 0 Å². The molecule has 0 heterocycles. The maximum Gasteiger partial charge on any atom is 0.344 e. The van der Waals surface area contributed by atoms with E-state index < -0.39 is 12.1 Å². The first-order valence-electron chi connectivity index (χ1n) is 9.33. The van der Waals surface area contributed by atoms with Crippen LogP contribution in [0.5, 0.6) is 11.5 Å². The Morgan fingerprint density at radius 3 is 2.18 bits per heavy atom. The number of carbonyl (C=O) groups excluding carboxylic acids is 2. The summed E-state index contributed by atoms with van der Waals surface area (Å²) in [6.45, 7) is 3.82. The highest BCUT2D eigenvalue weighted by atomic mass is 16.6. The molecule has 0 bridgehead atoms. The van der Waals surface area contributed by atoms with E-state index in [1.54, 1.807) is 19.2 Å². The average molecular weight is 385 g/mol. The number of benzene rings is 2. The Morgan fingerprint density at radius 1 is 0.964 bits per heavy atom. The monoisotopic (exact) mass is 385 g/mol. The van der Waals surface area contributed by atoms with E-state index in [0.29, 0.717) is 18.7 Å². The molecule has 6 nitrogen and oxygen atoms in total. The van der Waals surface area contributed by atoms with E-state index in [-0.39, 0.29) is 12.5 Å². The number of aryl methyl sites for hydroxylation is 1. The summed E-state index contributed by atoms with van der Waals surface area (Å²) in [5.41, 5.74) is 2.27. The zero-order valence-electron chi connectivity index (χ0n) is 16.6. The Bertz CT molecular complexity index is 756. The molecule has 0 aliphatic rings. The maximum atomic E-state index is 12.1. The first-order chi connectivity index (χ1) is 13.5. The van der Waals surface area contributed by atoms with Gasteiger partial charge in [-0.15, -0.1) is 0 Å². The maximum absolute atomic E-state index is 12.1. The van der Waals surface area contributed by atoms with Crippen LogP contribution < -0.4 is 14.8 Å². The molecule has 0 aromatic heterocycles. The Morgan fingerprint density at radius 2 is 1.57 bits per heavy atom. The first kappa shape index (κ1) is 21.3. The van der Waals surface area contributed by atoms with Gasteiger partial charge in [0.1, 0.15) is 11.5 Å². The van der Waals surface area contributed by atoms with E-state index in [0.717, 1.165) is 17.7 Å². The van der Waals surface area contributed by atoms with Gasteiger partial charge < -0.3 is 19.5 Å². The molecule has 2 rings (SSSR count). The second-order valence-corrected chi connectivity index (χ2v) is 6.31. The summed E-state index contributed by atoms with van der Waals surface area (Å²) in [5, 5.41) is 2.76. The first-order valence-corrected chi connectivity index (χ1v) is 9.33. The van der Waals surface area contributed by atoms with Gasteiger partial charge in [-0.1, -0.05) is 31.2 Å². The zero-order valence-corrected chi connectivity index (χ0v) is 16.6. The normalized spacial score (nSPS) is 11.4. The second-order valence-electron chi connectivity index (χ2n) is 6.31. The van der Waals surface area contributed by atoms with Crippen LogP contribution in [0.3, 0.4) is 0 Å². The number of ether oxygens (including phenoxy) is 3. The molecule has 0 fully saturated rings. The highest BCUT2D eigenvalue weighted by molar-refractivity contribution is 5.83. The van der Waals surface area contributed by atoms with Gasteiger partial charge in [-0.25, -0.2) is 4.79 Å². The highest BCUT2D eigenvalue weighted by Crippen LogP contribution is 2.13. The number of nitrogens with one attached hydrogen (secondary N) is 1. The van der Waals surface area contributed by atoms with Crippen molar-refractivity contribution in [1.82, 2.24) is 5.32 Å². The minimum atomic E-state index is -0.880. The molecule has 1 amide bonds. The van der Waals surface area contributed by atoms with Crippen LogP contribution in [0.15, 0.2) is 48.5 Å². The zero-order chi connectivity index (χ0) is 20.4. The molecule has 28 heavy (non-hydrogen) atoms. The van der Waals surface area contributed by atoms with E-state index in [1.807, 2.05) is 36.4 Å². The van der Waals surface area contributed by atoms with E-state index >= 15 is 0 Å². The highest BCUT2D eigenvalue weighted by Gasteiger charge is 2.17. The summed E-state index contributed by atoms with van der Waals surface area (Å²) in [6.07, 6.45) is 0.732. The third-order valence-electron chi connectivity index (χ3n) is 4.24. The van der Waals surface area contributed by atoms with E-state index in [2.05, 4.69) is 12.2 Å². The van der Waals surface area contributed by atoms with Gasteiger partial charge in [0.15, 0.2) is 12.7 Å². The molecule has 0 radical (unpaired) electrons. The molecule has 0 saturated carbocycles. The molecular weight excluding hydrogens is 358 g/mol. The number of esters is 1. The Kier molecular flexibility index (Phi) is 8.34. The van der Waals surface area contributed by atoms with Crippen LogP contribution in [-0.4, -0.2) is 38.2 Å². The van der Waals surface area contributed by atoms with Gasteiger partial charge >= 0.3 is 5.97 Å². The number of hydrogen-bond donors (Lipinski definition) is 1. The largest absolute Gasteiger partial charge is 0.497 e. The van der Waals surface area contributed by atoms with E-state index in [9.17, 15) is 9.59 Å². The molecule has 2 aromatic rings. The fourth-order valence-corrected chi connectivity index (χ4v) is 2.51. The van der Waals surface area contributed by atoms with Gasteiger partial charge in [0.25, 0.3) is 5.91 Å². The van der Waals surface area contributed by atoms with Crippen LogP contribution >= 0.6 is 0 Å². The van der Waals surface area contributed by atoms with Crippen molar-refractivity contribution in [2.24, 2.45) is 0 Å². The molecule has 0 aliphatic carbocycles. The van der Waals surface area contributed by atoms with Crippen molar-refractivity contribution in [2.45, 2.75) is 32.8 Å². The SMILES string of the molecule is CCc1ccc(OCC(=O)OC(C)C(=O)NCCc2ccc(OC)cc2)cc1. The Labute approximate surface area is 165 Å². The number of methoxy groups -OCH3 is 1. The van der Waals surface area contributed by atoms with Crippen molar-refractivity contribution in [3.63, 3.8) is 0 Å². The predicted octanol–water partition coefficient (Wildman–Crippen LogP) is 2.93. The van der Waals surface area contributed by atoms with Crippen molar-refractivity contribution in [2.75, 3.05) is 20.3 Å². The summed E-state index contributed by atoms with van der Waals surface area (Å²) < 4.78 is 15.6. The van der Waals surface area contributed by atoms with Crippen LogP contribution in [0.1, 0.15) is 25.0 Å². The van der Waals surface area contributed by atoms with Gasteiger partial charge in [-0.05, 0) is 55.2 Å². The van der Waals surface area contributed by atoms with Crippen molar-refractivity contribution in [3.8, 4) is 11.5 Å². The third-order valence-corrected chi connectivity index (χ3v) is 4.24. The molecule has 2 aromatic carbocycles. The Balaban J connectivity index is 1.67. The molecule has 6 heteroatoms. The minimum absolute atomic E-state index is 0.241. The van der Waals surface area contributed by atoms with Crippen LogP contribution in [0.4, 0.5) is 0 Å². The second kappa shape index (κ2) is 11.0. The summed E-state index contributed by atoms with van der Waals surface area (Å²) in [5.74, 6) is 0.453. The summed E-state index contributed by atoms with van der Waals surface area (Å²) in [6, 6.07) is 15.1. The van der Waals surface area contributed by atoms with Crippen molar-refractivity contribution < 1.29 is 23.8 Å². The summed E-state index contributed by atoms with van der Waals surface area (Å²) in [4.78, 5) is 23.9. The van der Waals surface area contributed by atoms with Crippen LogP contribution in [0.25, 0.3) is 0 Å². The molecule has 0 saturated heterocycles. The third kappa shape index (κ3) is 6.95. The fourth-order valence-electron chi connectivity index (χ4n) is 2.51. The smallest absolute Gasteiger partial charge is 0.344 e. The molecule has 1 N–H and O–H groups in total. The lowest BCUT2D eigenvalue weighted by atomic mass is 10.1. The van der Waals surface area contributed by atoms with Crippen LogP contribution in [0, 0.1) is 0 Å². The topological polar surface area (TPSA) is 73.9 Å². The Hall–Kier alpha value is -3.02. The van der Waals surface area contributed by atoms with Gasteiger partial charge in [0.05, 0.1) is 7.11 Å². The predicted molar refractivity (Wildman–Crippen MR) is 107 cm³/mol. The van der Waals surface area contributed by atoms with E-state index in [1.165, 1.54) is 12.5 Å². The number of carbonyl (C=O) groups is 2. The lowest BCUT2D eigenvalue weighted by molar-refractivity contribution is -0.156. The molecule has 1 atom stereocenters. The molecule has 0 aliphatic heterocycles.